The molecule has 0 amide bonds. The van der Waals surface area contributed by atoms with Gasteiger partial charge in [-0.2, -0.15) is 0 Å². The molecule has 0 aromatic rings. The smallest absolute Gasteiger partial charge is 0.400 e. The number of carbonyl (C=O) groups is 1. The van der Waals surface area contributed by atoms with Crippen LogP contribution in [-0.4, -0.2) is 11.9 Å². The molecule has 16 heavy (non-hydrogen) atoms. The summed E-state index contributed by atoms with van der Waals surface area (Å²) in [6.45, 7) is 2.74. The van der Waals surface area contributed by atoms with Crippen molar-refractivity contribution in [3.05, 3.63) is 0 Å². The fraction of sp³-hybridized carbons (Fsp3) is 0.923. The van der Waals surface area contributed by atoms with E-state index in [-0.39, 0.29) is 0 Å². The summed E-state index contributed by atoms with van der Waals surface area (Å²) >= 11 is 4.29. The molecule has 0 rings (SSSR count). The molecule has 1 radical (unpaired) electrons. The number of unbranched alkanes of at least 4 members (excludes halogenated alkanes) is 9. The number of ether oxygens (including phenoxy) is 1. The second kappa shape index (κ2) is 12.8. The van der Waals surface area contributed by atoms with Crippen molar-refractivity contribution in [3.63, 3.8) is 0 Å². The SMILES string of the molecule is CCCCCCCCCCCCOC(=O)[S]. The van der Waals surface area contributed by atoms with Crippen LogP contribution < -0.4 is 0 Å². The summed E-state index contributed by atoms with van der Waals surface area (Å²) in [4.78, 5) is 10.3. The Balaban J connectivity index is 2.90. The lowest BCUT2D eigenvalue weighted by Crippen LogP contribution is -1.96. The minimum atomic E-state index is -0.573. The van der Waals surface area contributed by atoms with Crippen molar-refractivity contribution in [2.24, 2.45) is 0 Å². The van der Waals surface area contributed by atoms with Gasteiger partial charge in [0.1, 0.15) is 0 Å². The fourth-order valence-corrected chi connectivity index (χ4v) is 1.83. The van der Waals surface area contributed by atoms with Gasteiger partial charge in [-0.1, -0.05) is 64.7 Å². The van der Waals surface area contributed by atoms with Crippen LogP contribution in [0.15, 0.2) is 0 Å². The Bertz CT molecular complexity index is 160. The van der Waals surface area contributed by atoms with Crippen molar-refractivity contribution in [2.75, 3.05) is 6.61 Å². The molecule has 0 saturated heterocycles. The molecule has 2 nitrogen and oxygen atoms in total. The van der Waals surface area contributed by atoms with Gasteiger partial charge in [0.15, 0.2) is 0 Å². The molecule has 0 aromatic heterocycles. The van der Waals surface area contributed by atoms with Gasteiger partial charge in [-0.3, -0.25) is 0 Å². The number of hydrogen-bond acceptors (Lipinski definition) is 2. The first-order valence-electron chi connectivity index (χ1n) is 6.61. The maximum Gasteiger partial charge on any atom is 0.400 e. The molecule has 0 aliphatic heterocycles. The third-order valence-electron chi connectivity index (χ3n) is 2.72. The summed E-state index contributed by atoms with van der Waals surface area (Å²) in [7, 11) is 0. The van der Waals surface area contributed by atoms with Crippen LogP contribution in [-0.2, 0) is 4.74 Å². The average molecular weight is 245 g/mol. The first-order valence-corrected chi connectivity index (χ1v) is 7.02. The van der Waals surface area contributed by atoms with Gasteiger partial charge in [0.2, 0.25) is 0 Å². The van der Waals surface area contributed by atoms with E-state index in [9.17, 15) is 4.79 Å². The maximum absolute atomic E-state index is 10.3. The van der Waals surface area contributed by atoms with Crippen LogP contribution in [0.1, 0.15) is 71.1 Å². The zero-order valence-corrected chi connectivity index (χ0v) is 11.3. The summed E-state index contributed by atoms with van der Waals surface area (Å²) in [5, 5.41) is -0.573. The van der Waals surface area contributed by atoms with Gasteiger partial charge in [-0.05, 0) is 6.42 Å². The van der Waals surface area contributed by atoms with Crippen LogP contribution in [0.5, 0.6) is 0 Å². The van der Waals surface area contributed by atoms with Crippen molar-refractivity contribution >= 4 is 17.9 Å². The molecule has 0 aliphatic carbocycles. The molecule has 0 saturated carbocycles. The molecular formula is C13H25O2S. The van der Waals surface area contributed by atoms with Crippen molar-refractivity contribution in [1.82, 2.24) is 0 Å². The van der Waals surface area contributed by atoms with Crippen LogP contribution in [0.25, 0.3) is 0 Å². The minimum Gasteiger partial charge on any atom is -0.454 e. The molecular weight excluding hydrogens is 220 g/mol. The third-order valence-corrected chi connectivity index (χ3v) is 2.84. The van der Waals surface area contributed by atoms with E-state index in [4.69, 9.17) is 0 Å². The van der Waals surface area contributed by atoms with E-state index >= 15 is 0 Å². The summed E-state index contributed by atoms with van der Waals surface area (Å²) in [5.41, 5.74) is 0. The summed E-state index contributed by atoms with van der Waals surface area (Å²) in [6.07, 6.45) is 12.9. The highest BCUT2D eigenvalue weighted by molar-refractivity contribution is 7.96. The lowest BCUT2D eigenvalue weighted by molar-refractivity contribution is 0.173. The Morgan fingerprint density at radius 2 is 1.31 bits per heavy atom. The second-order valence-corrected chi connectivity index (χ2v) is 4.61. The molecule has 0 fully saturated rings. The molecule has 0 atom stereocenters. The van der Waals surface area contributed by atoms with Crippen LogP contribution in [0.4, 0.5) is 4.79 Å². The molecule has 95 valence electrons. The Morgan fingerprint density at radius 1 is 0.875 bits per heavy atom. The zero-order valence-electron chi connectivity index (χ0n) is 10.5. The number of hydrogen-bond donors (Lipinski definition) is 0. The Hall–Kier alpha value is -0.310. The molecule has 0 heterocycles. The van der Waals surface area contributed by atoms with Crippen molar-refractivity contribution in [2.45, 2.75) is 71.1 Å². The van der Waals surface area contributed by atoms with Gasteiger partial charge in [-0.25, -0.2) is 4.79 Å². The first-order chi connectivity index (χ1) is 7.77. The summed E-state index contributed by atoms with van der Waals surface area (Å²) in [6, 6.07) is 0. The van der Waals surface area contributed by atoms with Crippen molar-refractivity contribution < 1.29 is 9.53 Å². The van der Waals surface area contributed by atoms with Crippen LogP contribution in [0.2, 0.25) is 0 Å². The van der Waals surface area contributed by atoms with Gasteiger partial charge in [0.25, 0.3) is 0 Å². The second-order valence-electron chi connectivity index (χ2n) is 4.28. The van der Waals surface area contributed by atoms with Gasteiger partial charge in [-0.15, -0.1) is 0 Å². The van der Waals surface area contributed by atoms with E-state index in [0.717, 1.165) is 12.8 Å². The predicted molar refractivity (Wildman–Crippen MR) is 70.8 cm³/mol. The van der Waals surface area contributed by atoms with E-state index < -0.39 is 5.30 Å². The van der Waals surface area contributed by atoms with E-state index in [0.29, 0.717) is 6.61 Å². The molecule has 0 spiro atoms. The van der Waals surface area contributed by atoms with E-state index in [1.807, 2.05) is 0 Å². The predicted octanol–water partition coefficient (Wildman–Crippen LogP) is 5.24. The Kier molecular flexibility index (Phi) is 12.5. The normalized spacial score (nSPS) is 10.3. The number of carbonyl (C=O) groups excluding carboxylic acids is 1. The van der Waals surface area contributed by atoms with Gasteiger partial charge < -0.3 is 4.74 Å². The monoisotopic (exact) mass is 245 g/mol. The zero-order chi connectivity index (χ0) is 12.1. The number of rotatable bonds is 11. The molecule has 3 heteroatoms. The van der Waals surface area contributed by atoms with Gasteiger partial charge in [0.05, 0.1) is 6.61 Å². The molecule has 0 unspecified atom stereocenters. The lowest BCUT2D eigenvalue weighted by Gasteiger charge is -2.02. The molecule has 0 N–H and O–H groups in total. The van der Waals surface area contributed by atoms with Crippen LogP contribution in [0, 0.1) is 0 Å². The van der Waals surface area contributed by atoms with E-state index in [2.05, 4.69) is 24.3 Å². The molecule has 0 aliphatic rings. The Labute approximate surface area is 106 Å². The Morgan fingerprint density at radius 3 is 1.75 bits per heavy atom. The van der Waals surface area contributed by atoms with Gasteiger partial charge in [0, 0.05) is 12.6 Å². The lowest BCUT2D eigenvalue weighted by atomic mass is 10.1. The fourth-order valence-electron chi connectivity index (χ4n) is 1.75. The van der Waals surface area contributed by atoms with E-state index in [1.165, 1.54) is 51.4 Å². The highest BCUT2D eigenvalue weighted by Gasteiger charge is 1.95. The van der Waals surface area contributed by atoms with Crippen LogP contribution in [0.3, 0.4) is 0 Å². The molecule has 0 bridgehead atoms. The minimum absolute atomic E-state index is 0.499. The third kappa shape index (κ3) is 13.7. The van der Waals surface area contributed by atoms with Gasteiger partial charge >= 0.3 is 5.30 Å². The highest BCUT2D eigenvalue weighted by Crippen LogP contribution is 2.10. The molecule has 0 aromatic carbocycles. The topological polar surface area (TPSA) is 26.3 Å². The quantitative estimate of drug-likeness (QED) is 0.367. The standard InChI is InChI=1S/C13H25O2S/c1-2-3-4-5-6-7-8-9-10-11-12-15-13(14)16/h2-12H2,1H3. The van der Waals surface area contributed by atoms with Crippen molar-refractivity contribution in [1.29, 1.82) is 0 Å². The van der Waals surface area contributed by atoms with Crippen molar-refractivity contribution in [3.8, 4) is 0 Å². The summed E-state index contributed by atoms with van der Waals surface area (Å²) < 4.78 is 4.69. The highest BCUT2D eigenvalue weighted by atomic mass is 32.1. The van der Waals surface area contributed by atoms with E-state index in [1.54, 1.807) is 0 Å². The average Bonchev–Trinajstić information content (AvgIpc) is 2.25. The first kappa shape index (κ1) is 15.7. The largest absolute Gasteiger partial charge is 0.454 e. The van der Waals surface area contributed by atoms with Crippen LogP contribution >= 0.6 is 12.6 Å². The maximum atomic E-state index is 10.3. The summed E-state index contributed by atoms with van der Waals surface area (Å²) in [5.74, 6) is 0.